The maximum absolute atomic E-state index is 5.69. The highest BCUT2D eigenvalue weighted by molar-refractivity contribution is 4.98. The van der Waals surface area contributed by atoms with Crippen LogP contribution in [-0.2, 0) is 7.05 Å². The lowest BCUT2D eigenvalue weighted by atomic mass is 10.2. The van der Waals surface area contributed by atoms with Crippen LogP contribution < -0.4 is 5.73 Å². The monoisotopic (exact) mass is 140 g/mol. The molecule has 56 valence electrons. The van der Waals surface area contributed by atoms with Gasteiger partial charge in [-0.25, -0.2) is 0 Å². The summed E-state index contributed by atoms with van der Waals surface area (Å²) in [5.74, 6) is 0. The van der Waals surface area contributed by atoms with Crippen molar-refractivity contribution >= 4 is 0 Å². The fraction of sp³-hybridized carbons (Fsp3) is 0.667. The Kier molecular flexibility index (Phi) is 2.01. The van der Waals surface area contributed by atoms with Crippen LogP contribution in [0.4, 0.5) is 0 Å². The number of aromatic nitrogens is 3. The number of hydrogen-bond donors (Lipinski definition) is 1. The van der Waals surface area contributed by atoms with Crippen molar-refractivity contribution in [3.63, 3.8) is 0 Å². The Morgan fingerprint density at radius 1 is 1.80 bits per heavy atom. The van der Waals surface area contributed by atoms with E-state index in [1.165, 1.54) is 0 Å². The molecule has 0 saturated carbocycles. The zero-order valence-corrected chi connectivity index (χ0v) is 6.28. The van der Waals surface area contributed by atoms with Gasteiger partial charge in [0.2, 0.25) is 0 Å². The lowest BCUT2D eigenvalue weighted by molar-refractivity contribution is 0.667. The lowest BCUT2D eigenvalue weighted by Crippen LogP contribution is -2.08. The molecule has 4 nitrogen and oxygen atoms in total. The number of nitrogens with zero attached hydrogens (tertiary/aromatic N) is 3. The Morgan fingerprint density at radius 3 is 2.90 bits per heavy atom. The molecule has 1 aromatic rings. The van der Waals surface area contributed by atoms with Crippen LogP contribution in [0, 0.1) is 0 Å². The maximum atomic E-state index is 5.69. The van der Waals surface area contributed by atoms with Gasteiger partial charge >= 0.3 is 0 Å². The Balaban J connectivity index is 2.74. The van der Waals surface area contributed by atoms with E-state index >= 15 is 0 Å². The van der Waals surface area contributed by atoms with Crippen LogP contribution in [0.5, 0.6) is 0 Å². The quantitative estimate of drug-likeness (QED) is 0.639. The van der Waals surface area contributed by atoms with E-state index in [0.717, 1.165) is 12.1 Å². The van der Waals surface area contributed by atoms with E-state index in [1.54, 1.807) is 4.68 Å². The maximum Gasteiger partial charge on any atom is 0.0993 e. The van der Waals surface area contributed by atoms with Crippen molar-refractivity contribution in [1.29, 1.82) is 0 Å². The molecule has 10 heavy (non-hydrogen) atoms. The lowest BCUT2D eigenvalue weighted by Gasteiger charge is -2.00. The minimum Gasteiger partial charge on any atom is -0.323 e. The molecule has 4 heteroatoms. The molecule has 0 aliphatic rings. The minimum atomic E-state index is 0.0358. The number of nitrogens with two attached hydrogens (primary N) is 1. The fourth-order valence-corrected chi connectivity index (χ4v) is 0.744. The highest BCUT2D eigenvalue weighted by Gasteiger charge is 2.05. The summed E-state index contributed by atoms with van der Waals surface area (Å²) in [4.78, 5) is 0. The van der Waals surface area contributed by atoms with Crippen molar-refractivity contribution in [1.82, 2.24) is 15.0 Å². The van der Waals surface area contributed by atoms with E-state index in [9.17, 15) is 0 Å². The molecule has 1 atom stereocenters. The van der Waals surface area contributed by atoms with Crippen LogP contribution in [0.25, 0.3) is 0 Å². The van der Waals surface area contributed by atoms with Gasteiger partial charge in [-0.3, -0.25) is 4.68 Å². The van der Waals surface area contributed by atoms with E-state index in [-0.39, 0.29) is 6.04 Å². The molecule has 1 heterocycles. The Morgan fingerprint density at radius 2 is 2.50 bits per heavy atom. The van der Waals surface area contributed by atoms with Crippen molar-refractivity contribution in [2.45, 2.75) is 19.4 Å². The second-order valence-corrected chi connectivity index (χ2v) is 2.33. The van der Waals surface area contributed by atoms with Crippen LogP contribution in [0.15, 0.2) is 6.20 Å². The van der Waals surface area contributed by atoms with Gasteiger partial charge in [-0.2, -0.15) is 0 Å². The SMILES string of the molecule is CCC(N)c1cn(C)nn1. The molecule has 0 aromatic carbocycles. The van der Waals surface area contributed by atoms with Gasteiger partial charge in [-0.1, -0.05) is 12.1 Å². The average molecular weight is 140 g/mol. The third kappa shape index (κ3) is 1.33. The topological polar surface area (TPSA) is 56.7 Å². The van der Waals surface area contributed by atoms with Crippen LogP contribution in [-0.4, -0.2) is 15.0 Å². The average Bonchev–Trinajstić information content (AvgIpc) is 2.34. The van der Waals surface area contributed by atoms with Gasteiger partial charge in [-0.15, -0.1) is 5.10 Å². The van der Waals surface area contributed by atoms with Gasteiger partial charge in [0.1, 0.15) is 0 Å². The first-order chi connectivity index (χ1) is 4.74. The first-order valence-corrected chi connectivity index (χ1v) is 3.36. The number of aryl methyl sites for hydroxylation is 1. The van der Waals surface area contributed by atoms with Crippen molar-refractivity contribution in [3.05, 3.63) is 11.9 Å². The van der Waals surface area contributed by atoms with Gasteiger partial charge in [0.15, 0.2) is 0 Å². The highest BCUT2D eigenvalue weighted by atomic mass is 15.4. The molecule has 0 radical (unpaired) electrons. The summed E-state index contributed by atoms with van der Waals surface area (Å²) in [5, 5.41) is 7.65. The van der Waals surface area contributed by atoms with Crippen LogP contribution in [0.2, 0.25) is 0 Å². The third-order valence-corrected chi connectivity index (χ3v) is 1.44. The van der Waals surface area contributed by atoms with E-state index in [4.69, 9.17) is 5.73 Å². The summed E-state index contributed by atoms with van der Waals surface area (Å²) >= 11 is 0. The summed E-state index contributed by atoms with van der Waals surface area (Å²) in [6.45, 7) is 2.03. The summed E-state index contributed by atoms with van der Waals surface area (Å²) in [5.41, 5.74) is 6.56. The normalized spacial score (nSPS) is 13.5. The van der Waals surface area contributed by atoms with Gasteiger partial charge in [0.05, 0.1) is 11.7 Å². The molecule has 1 aromatic heterocycles. The molecule has 0 aliphatic heterocycles. The first-order valence-electron chi connectivity index (χ1n) is 3.36. The van der Waals surface area contributed by atoms with E-state index in [1.807, 2.05) is 20.2 Å². The third-order valence-electron chi connectivity index (χ3n) is 1.44. The van der Waals surface area contributed by atoms with Crippen LogP contribution in [0.1, 0.15) is 25.1 Å². The second kappa shape index (κ2) is 2.79. The summed E-state index contributed by atoms with van der Waals surface area (Å²) in [6, 6.07) is 0.0358. The standard InChI is InChI=1S/C6H12N4/c1-3-5(7)6-4-10(2)9-8-6/h4-5H,3,7H2,1-2H3. The van der Waals surface area contributed by atoms with Crippen molar-refractivity contribution < 1.29 is 0 Å². The molecule has 0 fully saturated rings. The molecular weight excluding hydrogens is 128 g/mol. The predicted octanol–water partition coefficient (Wildman–Crippen LogP) is 0.225. The second-order valence-electron chi connectivity index (χ2n) is 2.33. The van der Waals surface area contributed by atoms with Crippen LogP contribution >= 0.6 is 0 Å². The molecule has 1 unspecified atom stereocenters. The van der Waals surface area contributed by atoms with Crippen molar-refractivity contribution in [2.75, 3.05) is 0 Å². The molecular formula is C6H12N4. The molecule has 0 amide bonds. The molecule has 2 N–H and O–H groups in total. The minimum absolute atomic E-state index is 0.0358. The Bertz CT molecular complexity index is 205. The van der Waals surface area contributed by atoms with Crippen LogP contribution in [0.3, 0.4) is 0 Å². The van der Waals surface area contributed by atoms with Crippen molar-refractivity contribution in [3.8, 4) is 0 Å². The van der Waals surface area contributed by atoms with E-state index < -0.39 is 0 Å². The number of hydrogen-bond acceptors (Lipinski definition) is 3. The van der Waals surface area contributed by atoms with E-state index in [0.29, 0.717) is 0 Å². The van der Waals surface area contributed by atoms with Gasteiger partial charge in [-0.05, 0) is 6.42 Å². The Hall–Kier alpha value is -0.900. The molecule has 1 rings (SSSR count). The van der Waals surface area contributed by atoms with E-state index in [2.05, 4.69) is 10.3 Å². The zero-order valence-electron chi connectivity index (χ0n) is 6.28. The molecule has 0 saturated heterocycles. The first kappa shape index (κ1) is 7.21. The molecule has 0 bridgehead atoms. The molecule has 0 spiro atoms. The Labute approximate surface area is 60.0 Å². The predicted molar refractivity (Wildman–Crippen MR) is 38.2 cm³/mol. The van der Waals surface area contributed by atoms with Crippen molar-refractivity contribution in [2.24, 2.45) is 12.8 Å². The summed E-state index contributed by atoms with van der Waals surface area (Å²) in [7, 11) is 1.83. The summed E-state index contributed by atoms with van der Waals surface area (Å²) < 4.78 is 1.66. The number of rotatable bonds is 2. The van der Waals surface area contributed by atoms with Gasteiger partial charge < -0.3 is 5.73 Å². The fourth-order valence-electron chi connectivity index (χ4n) is 0.744. The highest BCUT2D eigenvalue weighted by Crippen LogP contribution is 2.07. The smallest absolute Gasteiger partial charge is 0.0993 e. The van der Waals surface area contributed by atoms with Gasteiger partial charge in [0, 0.05) is 13.2 Å². The van der Waals surface area contributed by atoms with Gasteiger partial charge in [0.25, 0.3) is 0 Å². The summed E-state index contributed by atoms with van der Waals surface area (Å²) in [6.07, 6.45) is 2.74. The molecule has 0 aliphatic carbocycles. The largest absolute Gasteiger partial charge is 0.323 e. The zero-order chi connectivity index (χ0) is 7.56.